The molecule has 0 aliphatic rings. The van der Waals surface area contributed by atoms with E-state index < -0.39 is 11.2 Å². The van der Waals surface area contributed by atoms with E-state index in [0.717, 1.165) is 10.5 Å². The van der Waals surface area contributed by atoms with Gasteiger partial charge in [-0.3, -0.25) is 9.59 Å². The molecule has 0 radical (unpaired) electrons. The molecular weight excluding hydrogens is 483 g/mol. The van der Waals surface area contributed by atoms with E-state index >= 15 is 0 Å². The topological polar surface area (TPSA) is 95.5 Å². The summed E-state index contributed by atoms with van der Waals surface area (Å²) in [5.41, 5.74) is 1.78. The fraction of sp³-hybridized carbons (Fsp3) is 0.125. The van der Waals surface area contributed by atoms with Gasteiger partial charge in [-0.15, -0.1) is 11.8 Å². The van der Waals surface area contributed by atoms with Gasteiger partial charge < -0.3 is 15.7 Å². The zero-order valence-electron chi connectivity index (χ0n) is 17.5. The molecule has 0 heterocycles. The summed E-state index contributed by atoms with van der Waals surface area (Å²) in [6.07, 6.45) is 0.233. The van der Waals surface area contributed by atoms with Crippen molar-refractivity contribution in [2.45, 2.75) is 23.5 Å². The molecule has 3 rings (SSSR count). The van der Waals surface area contributed by atoms with Crippen LogP contribution >= 0.6 is 35.0 Å². The minimum Gasteiger partial charge on any atom is -0.478 e. The molecule has 33 heavy (non-hydrogen) atoms. The standard InChI is InChI=1S/C24H20Cl2N2O4S/c1-14(23(30)28-21-13-16(24(31)32)4-11-20(21)26)33-19-9-7-18(8-10-19)27-22(29)12-15-2-5-17(25)6-3-15/h2-11,13-14H,12H2,1H3,(H,27,29)(H,28,30)(H,31,32). The van der Waals surface area contributed by atoms with Gasteiger partial charge in [0.15, 0.2) is 0 Å². The summed E-state index contributed by atoms with van der Waals surface area (Å²) in [6, 6.07) is 18.4. The van der Waals surface area contributed by atoms with Crippen molar-refractivity contribution in [2.75, 3.05) is 10.6 Å². The first kappa shape index (κ1) is 24.6. The van der Waals surface area contributed by atoms with E-state index in [2.05, 4.69) is 10.6 Å². The Hall–Kier alpha value is -3.00. The van der Waals surface area contributed by atoms with Gasteiger partial charge >= 0.3 is 5.97 Å². The van der Waals surface area contributed by atoms with Gasteiger partial charge in [0.25, 0.3) is 0 Å². The molecule has 0 bridgehead atoms. The van der Waals surface area contributed by atoms with Crippen molar-refractivity contribution < 1.29 is 19.5 Å². The number of halogens is 2. The Balaban J connectivity index is 1.55. The van der Waals surface area contributed by atoms with Crippen LogP contribution in [0.3, 0.4) is 0 Å². The minimum atomic E-state index is -1.11. The van der Waals surface area contributed by atoms with Gasteiger partial charge in [0.05, 0.1) is 27.9 Å². The number of rotatable bonds is 8. The van der Waals surface area contributed by atoms with Gasteiger partial charge in [0, 0.05) is 15.6 Å². The molecule has 0 saturated carbocycles. The lowest BCUT2D eigenvalue weighted by molar-refractivity contribution is -0.116. The lowest BCUT2D eigenvalue weighted by atomic mass is 10.1. The first-order valence-corrected chi connectivity index (χ1v) is 11.5. The number of benzene rings is 3. The highest BCUT2D eigenvalue weighted by Crippen LogP contribution is 2.28. The molecule has 0 aromatic heterocycles. The maximum atomic E-state index is 12.6. The van der Waals surface area contributed by atoms with E-state index in [1.54, 1.807) is 43.3 Å². The Morgan fingerprint density at radius 3 is 2.24 bits per heavy atom. The van der Waals surface area contributed by atoms with Crippen molar-refractivity contribution in [1.29, 1.82) is 0 Å². The van der Waals surface area contributed by atoms with Crippen LogP contribution in [0.25, 0.3) is 0 Å². The third kappa shape index (κ3) is 7.25. The van der Waals surface area contributed by atoms with Gasteiger partial charge in [-0.2, -0.15) is 0 Å². The van der Waals surface area contributed by atoms with E-state index in [-0.39, 0.29) is 34.5 Å². The van der Waals surface area contributed by atoms with Crippen molar-refractivity contribution in [1.82, 2.24) is 0 Å². The first-order chi connectivity index (χ1) is 15.7. The number of aromatic carboxylic acids is 1. The highest BCUT2D eigenvalue weighted by Gasteiger charge is 2.17. The van der Waals surface area contributed by atoms with Gasteiger partial charge in [-0.05, 0) is 67.1 Å². The molecule has 1 atom stereocenters. The number of amides is 2. The van der Waals surface area contributed by atoms with E-state index in [0.29, 0.717) is 10.7 Å². The predicted octanol–water partition coefficient (Wildman–Crippen LogP) is 5.99. The summed E-state index contributed by atoms with van der Waals surface area (Å²) in [7, 11) is 0. The number of hydrogen-bond acceptors (Lipinski definition) is 4. The Morgan fingerprint density at radius 2 is 1.61 bits per heavy atom. The van der Waals surface area contributed by atoms with E-state index in [9.17, 15) is 14.4 Å². The monoisotopic (exact) mass is 502 g/mol. The van der Waals surface area contributed by atoms with Gasteiger partial charge in [-0.25, -0.2) is 4.79 Å². The molecule has 0 aliphatic carbocycles. The SMILES string of the molecule is CC(Sc1ccc(NC(=O)Cc2ccc(Cl)cc2)cc1)C(=O)Nc1cc(C(=O)O)ccc1Cl. The summed E-state index contributed by atoms with van der Waals surface area (Å²) >= 11 is 13.3. The Morgan fingerprint density at radius 1 is 0.939 bits per heavy atom. The molecule has 0 spiro atoms. The molecular formula is C24H20Cl2N2O4S. The highest BCUT2D eigenvalue weighted by molar-refractivity contribution is 8.00. The molecule has 170 valence electrons. The molecule has 1 unspecified atom stereocenters. The van der Waals surface area contributed by atoms with Crippen LogP contribution < -0.4 is 10.6 Å². The van der Waals surface area contributed by atoms with Crippen molar-refractivity contribution in [3.8, 4) is 0 Å². The molecule has 3 aromatic rings. The highest BCUT2D eigenvalue weighted by atomic mass is 35.5. The molecule has 9 heteroatoms. The second kappa shape index (κ2) is 11.2. The molecule has 3 aromatic carbocycles. The van der Waals surface area contributed by atoms with Crippen LogP contribution in [0.15, 0.2) is 71.6 Å². The second-order valence-corrected chi connectivity index (χ2v) is 9.38. The minimum absolute atomic E-state index is 0.0312. The molecule has 6 nitrogen and oxygen atoms in total. The summed E-state index contributed by atoms with van der Waals surface area (Å²) < 4.78 is 0. The largest absolute Gasteiger partial charge is 0.478 e. The van der Waals surface area contributed by atoms with Crippen LogP contribution in [0.4, 0.5) is 11.4 Å². The fourth-order valence-electron chi connectivity index (χ4n) is 2.86. The molecule has 2 amide bonds. The Bertz CT molecular complexity index is 1170. The van der Waals surface area contributed by atoms with E-state index in [1.807, 2.05) is 12.1 Å². The molecule has 0 aliphatic heterocycles. The second-order valence-electron chi connectivity index (χ2n) is 7.12. The van der Waals surface area contributed by atoms with E-state index in [4.69, 9.17) is 28.3 Å². The smallest absolute Gasteiger partial charge is 0.335 e. The third-order valence-corrected chi connectivity index (χ3v) is 6.26. The number of carbonyl (C=O) groups is 3. The fourth-order valence-corrected chi connectivity index (χ4v) is 4.01. The zero-order valence-corrected chi connectivity index (χ0v) is 19.8. The molecule has 3 N–H and O–H groups in total. The van der Waals surface area contributed by atoms with Crippen LogP contribution in [0, 0.1) is 0 Å². The summed E-state index contributed by atoms with van der Waals surface area (Å²) in [5, 5.41) is 15.0. The number of carboxylic acids is 1. The van der Waals surface area contributed by atoms with Crippen LogP contribution in [-0.2, 0) is 16.0 Å². The number of anilines is 2. The van der Waals surface area contributed by atoms with Gasteiger partial charge in [0.2, 0.25) is 11.8 Å². The maximum absolute atomic E-state index is 12.6. The first-order valence-electron chi connectivity index (χ1n) is 9.86. The van der Waals surface area contributed by atoms with Crippen LogP contribution in [0.2, 0.25) is 10.0 Å². The normalized spacial score (nSPS) is 11.5. The van der Waals surface area contributed by atoms with Gasteiger partial charge in [-0.1, -0.05) is 35.3 Å². The third-order valence-electron chi connectivity index (χ3n) is 4.57. The maximum Gasteiger partial charge on any atom is 0.335 e. The van der Waals surface area contributed by atoms with Crippen molar-refractivity contribution >= 4 is 64.1 Å². The summed E-state index contributed by atoms with van der Waals surface area (Å²) in [6.45, 7) is 1.73. The average molecular weight is 503 g/mol. The average Bonchev–Trinajstić information content (AvgIpc) is 2.78. The quantitative estimate of drug-likeness (QED) is 0.328. The predicted molar refractivity (Wildman–Crippen MR) is 133 cm³/mol. The Kier molecular flexibility index (Phi) is 8.38. The van der Waals surface area contributed by atoms with E-state index in [1.165, 1.54) is 30.0 Å². The number of carbonyl (C=O) groups excluding carboxylic acids is 2. The van der Waals surface area contributed by atoms with Crippen molar-refractivity contribution in [3.63, 3.8) is 0 Å². The summed E-state index contributed by atoms with van der Waals surface area (Å²) in [5.74, 6) is -1.57. The number of thioether (sulfide) groups is 1. The Labute approximate surface area is 205 Å². The number of hydrogen-bond donors (Lipinski definition) is 3. The van der Waals surface area contributed by atoms with Crippen molar-refractivity contribution in [2.24, 2.45) is 0 Å². The summed E-state index contributed by atoms with van der Waals surface area (Å²) in [4.78, 5) is 36.8. The van der Waals surface area contributed by atoms with Gasteiger partial charge in [0.1, 0.15) is 0 Å². The van der Waals surface area contributed by atoms with Crippen LogP contribution in [0.1, 0.15) is 22.8 Å². The molecule has 0 fully saturated rings. The molecule has 0 saturated heterocycles. The number of nitrogens with one attached hydrogen (secondary N) is 2. The number of carboxylic acid groups (broad SMARTS) is 1. The zero-order chi connectivity index (χ0) is 24.0. The van der Waals surface area contributed by atoms with Crippen LogP contribution in [-0.4, -0.2) is 28.1 Å². The van der Waals surface area contributed by atoms with Crippen molar-refractivity contribution in [3.05, 3.63) is 87.9 Å². The lowest BCUT2D eigenvalue weighted by Crippen LogP contribution is -2.22. The lowest BCUT2D eigenvalue weighted by Gasteiger charge is -2.14. The van der Waals surface area contributed by atoms with Crippen LogP contribution in [0.5, 0.6) is 0 Å².